The van der Waals surface area contributed by atoms with E-state index in [-0.39, 0.29) is 0 Å². The van der Waals surface area contributed by atoms with E-state index in [1.165, 1.54) is 57.8 Å². The largest absolute Gasteiger partial charge is 0.123 e. The fourth-order valence-corrected chi connectivity index (χ4v) is 3.49. The third-order valence-electron chi connectivity index (χ3n) is 3.93. The van der Waals surface area contributed by atoms with E-state index in [1.807, 2.05) is 0 Å². The molecule has 0 aromatic heterocycles. The summed E-state index contributed by atoms with van der Waals surface area (Å²) >= 11 is 6.36. The van der Waals surface area contributed by atoms with Crippen LogP contribution >= 0.6 is 11.6 Å². The van der Waals surface area contributed by atoms with Gasteiger partial charge in [0, 0.05) is 5.38 Å². The molecule has 2 saturated carbocycles. The summed E-state index contributed by atoms with van der Waals surface area (Å²) in [6, 6.07) is 0. The van der Waals surface area contributed by atoms with Gasteiger partial charge in [-0.25, -0.2) is 0 Å². The Morgan fingerprint density at radius 2 is 1.46 bits per heavy atom. The monoisotopic (exact) mass is 200 g/mol. The zero-order valence-electron chi connectivity index (χ0n) is 8.47. The summed E-state index contributed by atoms with van der Waals surface area (Å²) in [5, 5.41) is 0.509. The minimum atomic E-state index is 0.509. The molecule has 0 bridgehead atoms. The molecule has 2 atom stereocenters. The second kappa shape index (κ2) is 4.68. The first-order valence-corrected chi connectivity index (χ1v) is 6.44. The molecule has 76 valence electrons. The lowest BCUT2D eigenvalue weighted by Crippen LogP contribution is -2.21. The maximum Gasteiger partial charge on any atom is 0.0364 e. The van der Waals surface area contributed by atoms with Crippen LogP contribution in [0.1, 0.15) is 57.8 Å². The van der Waals surface area contributed by atoms with Crippen molar-refractivity contribution in [2.45, 2.75) is 63.2 Å². The zero-order valence-corrected chi connectivity index (χ0v) is 9.23. The summed E-state index contributed by atoms with van der Waals surface area (Å²) in [5.41, 5.74) is 0. The predicted molar refractivity (Wildman–Crippen MR) is 58.2 cm³/mol. The van der Waals surface area contributed by atoms with E-state index in [0.29, 0.717) is 5.38 Å². The molecule has 0 aromatic rings. The van der Waals surface area contributed by atoms with Crippen molar-refractivity contribution in [2.75, 3.05) is 0 Å². The standard InChI is InChI=1S/C12H21Cl/c13-12-8-4-3-7-11(12)9-10-5-1-2-6-10/h10-12H,1-9H2. The first kappa shape index (κ1) is 9.83. The van der Waals surface area contributed by atoms with Gasteiger partial charge in [-0.15, -0.1) is 11.6 Å². The van der Waals surface area contributed by atoms with Crippen LogP contribution < -0.4 is 0 Å². The summed E-state index contributed by atoms with van der Waals surface area (Å²) in [7, 11) is 0. The molecule has 2 aliphatic carbocycles. The van der Waals surface area contributed by atoms with Crippen molar-refractivity contribution in [3.05, 3.63) is 0 Å². The van der Waals surface area contributed by atoms with E-state index in [9.17, 15) is 0 Å². The van der Waals surface area contributed by atoms with E-state index in [0.717, 1.165) is 11.8 Å². The summed E-state index contributed by atoms with van der Waals surface area (Å²) in [6.45, 7) is 0. The second-order valence-corrected chi connectivity index (χ2v) is 5.51. The maximum atomic E-state index is 6.36. The lowest BCUT2D eigenvalue weighted by Gasteiger charge is -2.29. The Morgan fingerprint density at radius 3 is 2.15 bits per heavy atom. The molecule has 0 aliphatic heterocycles. The highest BCUT2D eigenvalue weighted by atomic mass is 35.5. The van der Waals surface area contributed by atoms with Crippen LogP contribution in [0.25, 0.3) is 0 Å². The Labute approximate surface area is 87.0 Å². The van der Waals surface area contributed by atoms with Gasteiger partial charge in [-0.2, -0.15) is 0 Å². The van der Waals surface area contributed by atoms with Crippen molar-refractivity contribution >= 4 is 11.6 Å². The molecule has 0 aromatic carbocycles. The molecule has 0 heterocycles. The van der Waals surface area contributed by atoms with Gasteiger partial charge in [0.25, 0.3) is 0 Å². The normalized spacial score (nSPS) is 36.7. The topological polar surface area (TPSA) is 0 Å². The third-order valence-corrected chi connectivity index (χ3v) is 4.50. The number of alkyl halides is 1. The van der Waals surface area contributed by atoms with E-state index < -0.39 is 0 Å². The zero-order chi connectivity index (χ0) is 9.10. The number of rotatable bonds is 2. The Kier molecular flexibility index (Phi) is 3.54. The predicted octanol–water partition coefficient (Wildman–Crippen LogP) is 4.36. The molecule has 2 unspecified atom stereocenters. The Hall–Kier alpha value is 0.290. The van der Waals surface area contributed by atoms with Gasteiger partial charge >= 0.3 is 0 Å². The highest BCUT2D eigenvalue weighted by Gasteiger charge is 2.27. The van der Waals surface area contributed by atoms with E-state index in [2.05, 4.69) is 0 Å². The Balaban J connectivity index is 1.78. The van der Waals surface area contributed by atoms with Crippen LogP contribution in [0, 0.1) is 11.8 Å². The fraction of sp³-hybridized carbons (Fsp3) is 1.00. The Bertz CT molecular complexity index is 149. The molecule has 1 heteroatoms. The van der Waals surface area contributed by atoms with Crippen molar-refractivity contribution in [1.29, 1.82) is 0 Å². The van der Waals surface area contributed by atoms with Crippen molar-refractivity contribution in [3.63, 3.8) is 0 Å². The third kappa shape index (κ3) is 2.62. The van der Waals surface area contributed by atoms with E-state index in [1.54, 1.807) is 0 Å². The van der Waals surface area contributed by atoms with E-state index in [4.69, 9.17) is 11.6 Å². The molecule has 2 fully saturated rings. The molecular formula is C12H21Cl. The van der Waals surface area contributed by atoms with Gasteiger partial charge in [-0.1, -0.05) is 38.5 Å². The van der Waals surface area contributed by atoms with Crippen LogP contribution in [0.5, 0.6) is 0 Å². The van der Waals surface area contributed by atoms with Crippen LogP contribution in [0.15, 0.2) is 0 Å². The Morgan fingerprint density at radius 1 is 0.846 bits per heavy atom. The number of hydrogen-bond acceptors (Lipinski definition) is 0. The highest BCUT2D eigenvalue weighted by molar-refractivity contribution is 6.20. The first-order chi connectivity index (χ1) is 6.36. The van der Waals surface area contributed by atoms with Crippen molar-refractivity contribution in [3.8, 4) is 0 Å². The number of halogens is 1. The molecular weight excluding hydrogens is 180 g/mol. The lowest BCUT2D eigenvalue weighted by atomic mass is 9.82. The summed E-state index contributed by atoms with van der Waals surface area (Å²) in [4.78, 5) is 0. The average molecular weight is 201 g/mol. The summed E-state index contributed by atoms with van der Waals surface area (Å²) < 4.78 is 0. The second-order valence-electron chi connectivity index (χ2n) is 4.95. The van der Waals surface area contributed by atoms with Crippen LogP contribution in [0.2, 0.25) is 0 Å². The van der Waals surface area contributed by atoms with Crippen molar-refractivity contribution < 1.29 is 0 Å². The molecule has 2 rings (SSSR count). The van der Waals surface area contributed by atoms with Gasteiger partial charge < -0.3 is 0 Å². The fourth-order valence-electron chi connectivity index (χ4n) is 3.10. The minimum Gasteiger partial charge on any atom is -0.123 e. The molecule has 0 nitrogen and oxygen atoms in total. The van der Waals surface area contributed by atoms with Gasteiger partial charge in [0.2, 0.25) is 0 Å². The molecule has 2 aliphatic rings. The smallest absolute Gasteiger partial charge is 0.0364 e. The van der Waals surface area contributed by atoms with Crippen LogP contribution in [0.3, 0.4) is 0 Å². The number of hydrogen-bond donors (Lipinski definition) is 0. The average Bonchev–Trinajstić information content (AvgIpc) is 2.61. The summed E-state index contributed by atoms with van der Waals surface area (Å²) in [5.74, 6) is 1.89. The molecule has 0 spiro atoms. The SMILES string of the molecule is ClC1CCCCC1CC1CCCC1. The van der Waals surface area contributed by atoms with Crippen LogP contribution in [-0.4, -0.2) is 5.38 Å². The van der Waals surface area contributed by atoms with Gasteiger partial charge in [-0.3, -0.25) is 0 Å². The van der Waals surface area contributed by atoms with Gasteiger partial charge in [-0.05, 0) is 31.1 Å². The van der Waals surface area contributed by atoms with Crippen LogP contribution in [0.4, 0.5) is 0 Å². The molecule has 13 heavy (non-hydrogen) atoms. The van der Waals surface area contributed by atoms with Crippen molar-refractivity contribution in [1.82, 2.24) is 0 Å². The molecule has 0 N–H and O–H groups in total. The highest BCUT2D eigenvalue weighted by Crippen LogP contribution is 2.37. The van der Waals surface area contributed by atoms with Gasteiger partial charge in [0.15, 0.2) is 0 Å². The minimum absolute atomic E-state index is 0.509. The van der Waals surface area contributed by atoms with Gasteiger partial charge in [0.05, 0.1) is 0 Å². The van der Waals surface area contributed by atoms with E-state index >= 15 is 0 Å². The lowest BCUT2D eigenvalue weighted by molar-refractivity contribution is 0.295. The van der Waals surface area contributed by atoms with Crippen LogP contribution in [-0.2, 0) is 0 Å². The summed E-state index contributed by atoms with van der Waals surface area (Å²) in [6.07, 6.45) is 12.8. The molecule has 0 radical (unpaired) electrons. The maximum absolute atomic E-state index is 6.36. The molecule has 0 amide bonds. The van der Waals surface area contributed by atoms with Crippen molar-refractivity contribution in [2.24, 2.45) is 11.8 Å². The molecule has 0 saturated heterocycles. The quantitative estimate of drug-likeness (QED) is 0.581. The first-order valence-electron chi connectivity index (χ1n) is 6.00. The van der Waals surface area contributed by atoms with Gasteiger partial charge in [0.1, 0.15) is 0 Å².